The van der Waals surface area contributed by atoms with Gasteiger partial charge in [-0.15, -0.1) is 0 Å². The van der Waals surface area contributed by atoms with E-state index in [-0.39, 0.29) is 25.1 Å². The molecule has 6 heteroatoms. The van der Waals surface area contributed by atoms with Crippen molar-refractivity contribution in [1.82, 2.24) is 9.80 Å². The van der Waals surface area contributed by atoms with Gasteiger partial charge in [0, 0.05) is 45.4 Å². The van der Waals surface area contributed by atoms with Crippen LogP contribution < -0.4 is 4.74 Å². The molecule has 1 heterocycles. The first kappa shape index (κ1) is 20.7. The largest absolute Gasteiger partial charge is 0.491 e. The molecule has 0 spiro atoms. The Bertz CT molecular complexity index is 709. The van der Waals surface area contributed by atoms with Crippen LogP contribution in [0.5, 0.6) is 5.75 Å². The highest BCUT2D eigenvalue weighted by atomic mass is 19.1. The van der Waals surface area contributed by atoms with E-state index in [0.29, 0.717) is 6.61 Å². The van der Waals surface area contributed by atoms with Crippen molar-refractivity contribution in [3.63, 3.8) is 0 Å². The zero-order valence-electron chi connectivity index (χ0n) is 16.1. The monoisotopic (exact) mass is 388 g/mol. The molecule has 1 aliphatic heterocycles. The summed E-state index contributed by atoms with van der Waals surface area (Å²) in [5, 5.41) is 18.3. The Balaban J connectivity index is 1.56. The minimum absolute atomic E-state index is 0.0101. The van der Waals surface area contributed by atoms with Gasteiger partial charge >= 0.3 is 0 Å². The van der Waals surface area contributed by atoms with Gasteiger partial charge < -0.3 is 14.9 Å². The summed E-state index contributed by atoms with van der Waals surface area (Å²) < 4.78 is 18.5. The smallest absolute Gasteiger partial charge is 0.123 e. The van der Waals surface area contributed by atoms with Crippen molar-refractivity contribution in [2.24, 2.45) is 0 Å². The van der Waals surface area contributed by atoms with Gasteiger partial charge in [-0.2, -0.15) is 0 Å². The maximum atomic E-state index is 13.1. The minimum atomic E-state index is -0.215. The SMILES string of the molecule is OCCOc1ccc(CN2CCN(Cc3ccc(F)cc3)C(CCO)C2)cc1. The zero-order valence-corrected chi connectivity index (χ0v) is 16.1. The maximum Gasteiger partial charge on any atom is 0.123 e. The molecule has 0 bridgehead atoms. The average Bonchev–Trinajstić information content (AvgIpc) is 2.71. The summed E-state index contributed by atoms with van der Waals surface area (Å²) in [6.45, 7) is 4.86. The quantitative estimate of drug-likeness (QED) is 0.690. The van der Waals surface area contributed by atoms with E-state index in [0.717, 1.165) is 50.5 Å². The number of aliphatic hydroxyl groups excluding tert-OH is 2. The first-order valence-corrected chi connectivity index (χ1v) is 9.82. The summed E-state index contributed by atoms with van der Waals surface area (Å²) in [6, 6.07) is 14.9. The zero-order chi connectivity index (χ0) is 19.8. The highest BCUT2D eigenvalue weighted by molar-refractivity contribution is 5.27. The maximum absolute atomic E-state index is 13.1. The fourth-order valence-electron chi connectivity index (χ4n) is 3.67. The number of halogens is 1. The third-order valence-electron chi connectivity index (χ3n) is 5.14. The van der Waals surface area contributed by atoms with Gasteiger partial charge in [-0.3, -0.25) is 9.80 Å². The van der Waals surface area contributed by atoms with Gasteiger partial charge in [0.15, 0.2) is 0 Å². The van der Waals surface area contributed by atoms with Gasteiger partial charge in [-0.1, -0.05) is 24.3 Å². The molecule has 0 aliphatic carbocycles. The number of rotatable bonds is 9. The van der Waals surface area contributed by atoms with Gasteiger partial charge in [-0.05, 0) is 41.8 Å². The molecular formula is C22H29FN2O3. The summed E-state index contributed by atoms with van der Waals surface area (Å²) in [5.41, 5.74) is 2.31. The predicted octanol–water partition coefficient (Wildman–Crippen LogP) is 2.27. The summed E-state index contributed by atoms with van der Waals surface area (Å²) in [5.74, 6) is 0.549. The summed E-state index contributed by atoms with van der Waals surface area (Å²) in [6.07, 6.45) is 0.728. The van der Waals surface area contributed by atoms with E-state index in [1.54, 1.807) is 0 Å². The molecule has 1 atom stereocenters. The van der Waals surface area contributed by atoms with Crippen LogP contribution in [0.1, 0.15) is 17.5 Å². The summed E-state index contributed by atoms with van der Waals surface area (Å²) >= 11 is 0. The topological polar surface area (TPSA) is 56.2 Å². The van der Waals surface area contributed by atoms with Crippen LogP contribution in [0.15, 0.2) is 48.5 Å². The highest BCUT2D eigenvalue weighted by Crippen LogP contribution is 2.20. The van der Waals surface area contributed by atoms with Gasteiger partial charge in [-0.25, -0.2) is 4.39 Å². The molecule has 2 aromatic rings. The molecule has 1 unspecified atom stereocenters. The first-order chi connectivity index (χ1) is 13.7. The van der Waals surface area contributed by atoms with Crippen LogP contribution in [0.25, 0.3) is 0 Å². The van der Waals surface area contributed by atoms with E-state index < -0.39 is 0 Å². The molecule has 3 rings (SSSR count). The Morgan fingerprint density at radius 2 is 1.57 bits per heavy atom. The summed E-state index contributed by atoms with van der Waals surface area (Å²) in [4.78, 5) is 4.79. The van der Waals surface area contributed by atoms with Gasteiger partial charge in [0.2, 0.25) is 0 Å². The van der Waals surface area contributed by atoms with E-state index in [4.69, 9.17) is 9.84 Å². The number of aliphatic hydroxyl groups is 2. The van der Waals surface area contributed by atoms with Gasteiger partial charge in [0.1, 0.15) is 18.2 Å². The van der Waals surface area contributed by atoms with E-state index in [1.165, 1.54) is 17.7 Å². The van der Waals surface area contributed by atoms with Crippen LogP contribution in [0.3, 0.4) is 0 Å². The number of hydrogen-bond acceptors (Lipinski definition) is 5. The Hall–Kier alpha value is -1.99. The number of hydrogen-bond donors (Lipinski definition) is 2. The summed E-state index contributed by atoms with van der Waals surface area (Å²) in [7, 11) is 0. The van der Waals surface area contributed by atoms with E-state index in [9.17, 15) is 9.50 Å². The molecule has 5 nitrogen and oxygen atoms in total. The van der Waals surface area contributed by atoms with Crippen LogP contribution >= 0.6 is 0 Å². The molecule has 1 aliphatic rings. The molecule has 1 fully saturated rings. The van der Waals surface area contributed by atoms with Crippen molar-refractivity contribution in [3.05, 3.63) is 65.5 Å². The normalized spacial score (nSPS) is 18.3. The second-order valence-electron chi connectivity index (χ2n) is 7.21. The van der Waals surface area contributed by atoms with Crippen LogP contribution in [0.4, 0.5) is 4.39 Å². The number of benzene rings is 2. The second-order valence-corrected chi connectivity index (χ2v) is 7.21. The average molecular weight is 388 g/mol. The minimum Gasteiger partial charge on any atom is -0.491 e. The molecule has 0 amide bonds. The van der Waals surface area contributed by atoms with Crippen LogP contribution in [0.2, 0.25) is 0 Å². The second kappa shape index (κ2) is 10.5. The van der Waals surface area contributed by atoms with Crippen molar-refractivity contribution in [1.29, 1.82) is 0 Å². The molecule has 2 N–H and O–H groups in total. The van der Waals surface area contributed by atoms with Gasteiger partial charge in [0.25, 0.3) is 0 Å². The molecule has 152 valence electrons. The molecular weight excluding hydrogens is 359 g/mol. The number of piperazine rings is 1. The van der Waals surface area contributed by atoms with Crippen LogP contribution in [-0.2, 0) is 13.1 Å². The van der Waals surface area contributed by atoms with E-state index >= 15 is 0 Å². The van der Waals surface area contributed by atoms with Gasteiger partial charge in [0.05, 0.1) is 6.61 Å². The van der Waals surface area contributed by atoms with Crippen molar-refractivity contribution in [2.45, 2.75) is 25.6 Å². The number of nitrogens with zero attached hydrogens (tertiary/aromatic N) is 2. The predicted molar refractivity (Wildman–Crippen MR) is 107 cm³/mol. The Labute approximate surface area is 166 Å². The lowest BCUT2D eigenvalue weighted by molar-refractivity contribution is 0.0499. The van der Waals surface area contributed by atoms with Crippen molar-refractivity contribution < 1.29 is 19.3 Å². The molecule has 2 aromatic carbocycles. The van der Waals surface area contributed by atoms with Crippen molar-refractivity contribution in [2.75, 3.05) is 39.5 Å². The van der Waals surface area contributed by atoms with Crippen molar-refractivity contribution >= 4 is 0 Å². The Kier molecular flexibility index (Phi) is 7.80. The highest BCUT2D eigenvalue weighted by Gasteiger charge is 2.26. The van der Waals surface area contributed by atoms with E-state index in [1.807, 2.05) is 24.3 Å². The lowest BCUT2D eigenvalue weighted by Gasteiger charge is -2.41. The molecule has 0 aromatic heterocycles. The third kappa shape index (κ3) is 6.01. The number of ether oxygens (including phenoxy) is 1. The first-order valence-electron chi connectivity index (χ1n) is 9.82. The lowest BCUT2D eigenvalue weighted by atomic mass is 10.1. The van der Waals surface area contributed by atoms with Crippen LogP contribution in [0, 0.1) is 5.82 Å². The fourth-order valence-corrected chi connectivity index (χ4v) is 3.67. The van der Waals surface area contributed by atoms with Crippen molar-refractivity contribution in [3.8, 4) is 5.75 Å². The molecule has 1 saturated heterocycles. The van der Waals surface area contributed by atoms with Crippen LogP contribution in [-0.4, -0.2) is 65.5 Å². The Morgan fingerprint density at radius 1 is 0.893 bits per heavy atom. The Morgan fingerprint density at radius 3 is 2.25 bits per heavy atom. The standard InChI is InChI=1S/C22H29FN2O3/c23-20-5-1-19(2-6-20)16-25-11-10-24(17-21(25)9-12-26)15-18-3-7-22(8-4-18)28-14-13-27/h1-8,21,26-27H,9-17H2. The third-order valence-corrected chi connectivity index (χ3v) is 5.14. The lowest BCUT2D eigenvalue weighted by Crippen LogP contribution is -2.52. The molecule has 0 radical (unpaired) electrons. The molecule has 0 saturated carbocycles. The fraction of sp³-hybridized carbons (Fsp3) is 0.455. The molecule has 28 heavy (non-hydrogen) atoms. The van der Waals surface area contributed by atoms with E-state index in [2.05, 4.69) is 21.9 Å².